The fourth-order valence-corrected chi connectivity index (χ4v) is 3.31. The molecule has 0 saturated carbocycles. The van der Waals surface area contributed by atoms with Gasteiger partial charge in [0.1, 0.15) is 0 Å². The van der Waals surface area contributed by atoms with Gasteiger partial charge in [-0.25, -0.2) is 9.78 Å². The zero-order valence-corrected chi connectivity index (χ0v) is 12.2. The molecule has 104 valence electrons. The minimum Gasteiger partial charge on any atom is -0.333 e. The van der Waals surface area contributed by atoms with Gasteiger partial charge in [0.15, 0.2) is 0 Å². The molecule has 2 aromatic rings. The van der Waals surface area contributed by atoms with Crippen molar-refractivity contribution in [2.24, 2.45) is 0 Å². The third-order valence-corrected chi connectivity index (χ3v) is 4.44. The number of aromatic nitrogens is 1. The van der Waals surface area contributed by atoms with Crippen molar-refractivity contribution in [1.29, 1.82) is 0 Å². The summed E-state index contributed by atoms with van der Waals surface area (Å²) in [5.74, 6) is 0. The molecule has 0 bridgehead atoms. The van der Waals surface area contributed by atoms with Crippen LogP contribution in [0.5, 0.6) is 0 Å². The standard InChI is InChI=1S/C15H17N3OS/c1-10-16-8-12(20-10)9-17-15(19)18-14-7-6-11-4-2-3-5-13(11)14/h2-5,8,14H,6-7,9H2,1H3,(H2,17,18,19). The molecule has 1 aromatic heterocycles. The average Bonchev–Trinajstić information content (AvgIpc) is 3.04. The largest absolute Gasteiger partial charge is 0.333 e. The number of nitrogens with zero attached hydrogens (tertiary/aromatic N) is 1. The van der Waals surface area contributed by atoms with Gasteiger partial charge in [-0.05, 0) is 30.9 Å². The van der Waals surface area contributed by atoms with E-state index in [1.165, 1.54) is 11.1 Å². The van der Waals surface area contributed by atoms with Crippen molar-refractivity contribution in [1.82, 2.24) is 15.6 Å². The fraction of sp³-hybridized carbons (Fsp3) is 0.333. The number of hydrogen-bond donors (Lipinski definition) is 2. The van der Waals surface area contributed by atoms with Gasteiger partial charge in [-0.2, -0.15) is 0 Å². The summed E-state index contributed by atoms with van der Waals surface area (Å²) >= 11 is 1.61. The Kier molecular flexibility index (Phi) is 3.69. The molecule has 0 fully saturated rings. The van der Waals surface area contributed by atoms with Crippen LogP contribution in [0.1, 0.15) is 33.5 Å². The van der Waals surface area contributed by atoms with Crippen LogP contribution in [0, 0.1) is 6.92 Å². The second kappa shape index (κ2) is 5.63. The molecule has 1 aromatic carbocycles. The monoisotopic (exact) mass is 287 g/mol. The van der Waals surface area contributed by atoms with Gasteiger partial charge in [0.25, 0.3) is 0 Å². The van der Waals surface area contributed by atoms with Crippen molar-refractivity contribution in [3.05, 3.63) is 51.5 Å². The lowest BCUT2D eigenvalue weighted by Crippen LogP contribution is -2.36. The van der Waals surface area contributed by atoms with Crippen molar-refractivity contribution in [3.8, 4) is 0 Å². The summed E-state index contributed by atoms with van der Waals surface area (Å²) in [6.07, 6.45) is 3.83. The zero-order chi connectivity index (χ0) is 13.9. The van der Waals surface area contributed by atoms with Crippen LogP contribution in [0.4, 0.5) is 4.79 Å². The topological polar surface area (TPSA) is 54.0 Å². The smallest absolute Gasteiger partial charge is 0.315 e. The first-order valence-corrected chi connectivity index (χ1v) is 7.57. The summed E-state index contributed by atoms with van der Waals surface area (Å²) in [6.45, 7) is 2.50. The van der Waals surface area contributed by atoms with Crippen molar-refractivity contribution < 1.29 is 4.79 Å². The third kappa shape index (κ3) is 2.82. The highest BCUT2D eigenvalue weighted by atomic mass is 32.1. The Morgan fingerprint density at radius 3 is 3.10 bits per heavy atom. The van der Waals surface area contributed by atoms with Crippen LogP contribution < -0.4 is 10.6 Å². The normalized spacial score (nSPS) is 16.8. The number of benzene rings is 1. The molecule has 5 heteroatoms. The van der Waals surface area contributed by atoms with E-state index >= 15 is 0 Å². The van der Waals surface area contributed by atoms with Crippen LogP contribution >= 0.6 is 11.3 Å². The molecule has 3 rings (SSSR count). The molecule has 1 atom stereocenters. The highest BCUT2D eigenvalue weighted by molar-refractivity contribution is 7.11. The lowest BCUT2D eigenvalue weighted by atomic mass is 10.1. The van der Waals surface area contributed by atoms with Crippen LogP contribution in [-0.4, -0.2) is 11.0 Å². The number of hydrogen-bond acceptors (Lipinski definition) is 3. The SMILES string of the molecule is Cc1ncc(CNC(=O)NC2CCc3ccccc32)s1. The van der Waals surface area contributed by atoms with Gasteiger partial charge in [0.2, 0.25) is 0 Å². The second-order valence-electron chi connectivity index (χ2n) is 4.96. The number of fused-ring (bicyclic) bond motifs is 1. The minimum absolute atomic E-state index is 0.113. The van der Waals surface area contributed by atoms with Crippen molar-refractivity contribution >= 4 is 17.4 Å². The molecular formula is C15H17N3OS. The van der Waals surface area contributed by atoms with Gasteiger partial charge in [0.05, 0.1) is 17.6 Å². The molecule has 0 aliphatic heterocycles. The molecule has 2 N–H and O–H groups in total. The highest BCUT2D eigenvalue weighted by Gasteiger charge is 2.23. The summed E-state index contributed by atoms with van der Waals surface area (Å²) in [5, 5.41) is 6.96. The van der Waals surface area contributed by atoms with Crippen LogP contribution in [-0.2, 0) is 13.0 Å². The Morgan fingerprint density at radius 2 is 2.30 bits per heavy atom. The first-order valence-electron chi connectivity index (χ1n) is 6.76. The van der Waals surface area contributed by atoms with Gasteiger partial charge in [-0.3, -0.25) is 0 Å². The van der Waals surface area contributed by atoms with Crippen molar-refractivity contribution in [2.45, 2.75) is 32.4 Å². The Morgan fingerprint density at radius 1 is 1.45 bits per heavy atom. The number of amides is 2. The number of carbonyl (C=O) groups is 1. The summed E-state index contributed by atoms with van der Waals surface area (Å²) < 4.78 is 0. The van der Waals surface area contributed by atoms with Crippen LogP contribution in [0.15, 0.2) is 30.5 Å². The molecule has 0 radical (unpaired) electrons. The number of carbonyl (C=O) groups excluding carboxylic acids is 1. The molecule has 4 nitrogen and oxygen atoms in total. The second-order valence-corrected chi connectivity index (χ2v) is 6.28. The molecule has 1 heterocycles. The predicted octanol–water partition coefficient (Wildman–Crippen LogP) is 2.94. The Bertz CT molecular complexity index is 623. The van der Waals surface area contributed by atoms with Crippen LogP contribution in [0.25, 0.3) is 0 Å². The first-order chi connectivity index (χ1) is 9.72. The Labute approximate surface area is 122 Å². The van der Waals surface area contributed by atoms with Crippen LogP contribution in [0.3, 0.4) is 0 Å². The molecule has 0 saturated heterocycles. The molecule has 0 spiro atoms. The maximum absolute atomic E-state index is 12.0. The van der Waals surface area contributed by atoms with Gasteiger partial charge in [-0.15, -0.1) is 11.3 Å². The third-order valence-electron chi connectivity index (χ3n) is 3.53. The zero-order valence-electron chi connectivity index (χ0n) is 11.3. The summed E-state index contributed by atoms with van der Waals surface area (Å²) in [6, 6.07) is 8.33. The Hall–Kier alpha value is -1.88. The van der Waals surface area contributed by atoms with Crippen LogP contribution in [0.2, 0.25) is 0 Å². The fourth-order valence-electron chi connectivity index (χ4n) is 2.57. The van der Waals surface area contributed by atoms with E-state index in [0.717, 1.165) is 22.7 Å². The van der Waals surface area contributed by atoms with Gasteiger partial charge in [0, 0.05) is 11.1 Å². The lowest BCUT2D eigenvalue weighted by molar-refractivity contribution is 0.236. The van der Waals surface area contributed by atoms with Crippen molar-refractivity contribution in [3.63, 3.8) is 0 Å². The Balaban J connectivity index is 1.55. The summed E-state index contributed by atoms with van der Waals surface area (Å²) in [4.78, 5) is 17.2. The summed E-state index contributed by atoms with van der Waals surface area (Å²) in [7, 11) is 0. The van der Waals surface area contributed by atoms with E-state index in [1.807, 2.05) is 25.3 Å². The molecule has 1 aliphatic carbocycles. The average molecular weight is 287 g/mol. The molecule has 1 aliphatic rings. The van der Waals surface area contributed by atoms with E-state index in [0.29, 0.717) is 6.54 Å². The van der Waals surface area contributed by atoms with E-state index < -0.39 is 0 Å². The van der Waals surface area contributed by atoms with E-state index in [9.17, 15) is 4.79 Å². The van der Waals surface area contributed by atoms with Gasteiger partial charge < -0.3 is 10.6 Å². The maximum Gasteiger partial charge on any atom is 0.315 e. The number of rotatable bonds is 3. The van der Waals surface area contributed by atoms with E-state index in [2.05, 4.69) is 27.8 Å². The summed E-state index contributed by atoms with van der Waals surface area (Å²) in [5.41, 5.74) is 2.59. The quantitative estimate of drug-likeness (QED) is 0.912. The lowest BCUT2D eigenvalue weighted by Gasteiger charge is -2.14. The number of urea groups is 1. The van der Waals surface area contributed by atoms with Gasteiger partial charge in [-0.1, -0.05) is 24.3 Å². The molecule has 2 amide bonds. The van der Waals surface area contributed by atoms with E-state index in [-0.39, 0.29) is 12.1 Å². The predicted molar refractivity (Wildman–Crippen MR) is 79.7 cm³/mol. The molecule has 20 heavy (non-hydrogen) atoms. The molecule has 1 unspecified atom stereocenters. The number of thiazole rings is 1. The minimum atomic E-state index is -0.113. The van der Waals surface area contributed by atoms with E-state index in [4.69, 9.17) is 0 Å². The number of nitrogens with one attached hydrogen (secondary N) is 2. The number of aryl methyl sites for hydroxylation is 2. The van der Waals surface area contributed by atoms with E-state index in [1.54, 1.807) is 11.3 Å². The highest BCUT2D eigenvalue weighted by Crippen LogP contribution is 2.30. The molecular weight excluding hydrogens is 270 g/mol. The maximum atomic E-state index is 12.0. The van der Waals surface area contributed by atoms with Crippen molar-refractivity contribution in [2.75, 3.05) is 0 Å². The van der Waals surface area contributed by atoms with Gasteiger partial charge >= 0.3 is 6.03 Å². The first kappa shape index (κ1) is 13.1.